The third-order valence-corrected chi connectivity index (χ3v) is 3.49. The number of nitrogens with zero attached hydrogens (tertiary/aromatic N) is 1. The van der Waals surface area contributed by atoms with Gasteiger partial charge in [-0.25, -0.2) is 4.79 Å². The Morgan fingerprint density at radius 1 is 1.35 bits per heavy atom. The normalized spacial score (nSPS) is 10.5. The second-order valence-corrected chi connectivity index (χ2v) is 4.72. The van der Waals surface area contributed by atoms with Gasteiger partial charge in [0.15, 0.2) is 5.76 Å². The summed E-state index contributed by atoms with van der Waals surface area (Å²) in [5.74, 6) is -0.882. The SMILES string of the molecule is O=C(O)c1noc(-c2ccc(Cl)c(Cl)c2)c1Br. The van der Waals surface area contributed by atoms with E-state index in [9.17, 15) is 4.79 Å². The minimum atomic E-state index is -1.17. The lowest BCUT2D eigenvalue weighted by Crippen LogP contribution is -1.96. The number of rotatable bonds is 2. The predicted octanol–water partition coefficient (Wildman–Crippen LogP) is 4.11. The minimum absolute atomic E-state index is 0.189. The monoisotopic (exact) mass is 335 g/mol. The molecule has 0 bridgehead atoms. The molecule has 0 aliphatic carbocycles. The molecule has 17 heavy (non-hydrogen) atoms. The van der Waals surface area contributed by atoms with Gasteiger partial charge in [0, 0.05) is 5.56 Å². The van der Waals surface area contributed by atoms with Crippen LogP contribution in [-0.4, -0.2) is 16.2 Å². The summed E-state index contributed by atoms with van der Waals surface area (Å²) in [6.45, 7) is 0. The van der Waals surface area contributed by atoms with Gasteiger partial charge in [0.25, 0.3) is 0 Å². The number of carboxylic acids is 1. The van der Waals surface area contributed by atoms with Gasteiger partial charge in [0.05, 0.1) is 10.0 Å². The summed E-state index contributed by atoms with van der Waals surface area (Å²) >= 11 is 14.8. The van der Waals surface area contributed by atoms with Crippen molar-refractivity contribution in [3.05, 3.63) is 38.4 Å². The van der Waals surface area contributed by atoms with Crippen molar-refractivity contribution in [1.29, 1.82) is 0 Å². The van der Waals surface area contributed by atoms with Crippen molar-refractivity contribution >= 4 is 45.1 Å². The number of hydrogen-bond acceptors (Lipinski definition) is 3. The largest absolute Gasteiger partial charge is 0.476 e. The molecule has 0 unspecified atom stereocenters. The van der Waals surface area contributed by atoms with E-state index in [-0.39, 0.29) is 10.2 Å². The van der Waals surface area contributed by atoms with E-state index in [1.807, 2.05) is 0 Å². The minimum Gasteiger partial charge on any atom is -0.476 e. The van der Waals surface area contributed by atoms with Gasteiger partial charge in [0.2, 0.25) is 5.69 Å². The Balaban J connectivity index is 2.53. The fourth-order valence-electron chi connectivity index (χ4n) is 1.23. The fourth-order valence-corrected chi connectivity index (χ4v) is 2.07. The van der Waals surface area contributed by atoms with Crippen molar-refractivity contribution < 1.29 is 14.4 Å². The Bertz CT molecular complexity index is 597. The Hall–Kier alpha value is -1.04. The zero-order valence-electron chi connectivity index (χ0n) is 8.08. The van der Waals surface area contributed by atoms with Crippen molar-refractivity contribution in [1.82, 2.24) is 5.16 Å². The summed E-state index contributed by atoms with van der Waals surface area (Å²) in [4.78, 5) is 10.8. The van der Waals surface area contributed by atoms with E-state index in [1.165, 1.54) is 0 Å². The van der Waals surface area contributed by atoms with Crippen molar-refractivity contribution in [2.75, 3.05) is 0 Å². The van der Waals surface area contributed by atoms with E-state index in [2.05, 4.69) is 21.1 Å². The lowest BCUT2D eigenvalue weighted by molar-refractivity contribution is 0.0685. The molecule has 88 valence electrons. The van der Waals surface area contributed by atoms with E-state index >= 15 is 0 Å². The second-order valence-electron chi connectivity index (χ2n) is 3.11. The molecule has 7 heteroatoms. The molecule has 0 spiro atoms. The molecule has 0 amide bonds. The molecule has 2 aromatic rings. The molecule has 2 rings (SSSR count). The summed E-state index contributed by atoms with van der Waals surface area (Å²) in [6, 6.07) is 4.82. The van der Waals surface area contributed by atoms with Gasteiger partial charge in [-0.15, -0.1) is 0 Å². The van der Waals surface area contributed by atoms with Crippen LogP contribution < -0.4 is 0 Å². The number of aromatic carboxylic acids is 1. The molecule has 0 fully saturated rings. The first-order chi connectivity index (χ1) is 8.00. The van der Waals surface area contributed by atoms with Crippen molar-refractivity contribution in [2.24, 2.45) is 0 Å². The maximum Gasteiger partial charge on any atom is 0.359 e. The quantitative estimate of drug-likeness (QED) is 0.896. The Morgan fingerprint density at radius 3 is 2.59 bits per heavy atom. The molecule has 0 saturated carbocycles. The van der Waals surface area contributed by atoms with Crippen LogP contribution >= 0.6 is 39.1 Å². The van der Waals surface area contributed by atoms with Crippen LogP contribution in [0.5, 0.6) is 0 Å². The molecule has 4 nitrogen and oxygen atoms in total. The van der Waals surface area contributed by atoms with E-state index in [1.54, 1.807) is 18.2 Å². The Morgan fingerprint density at radius 2 is 2.06 bits per heavy atom. The van der Waals surface area contributed by atoms with E-state index in [0.717, 1.165) is 0 Å². The highest BCUT2D eigenvalue weighted by Crippen LogP contribution is 2.34. The second kappa shape index (κ2) is 4.68. The lowest BCUT2D eigenvalue weighted by atomic mass is 10.1. The molecule has 0 atom stereocenters. The summed E-state index contributed by atoms with van der Waals surface area (Å²) in [5.41, 5.74) is 0.400. The topological polar surface area (TPSA) is 63.3 Å². The van der Waals surface area contributed by atoms with Crippen LogP contribution in [0.4, 0.5) is 0 Å². The van der Waals surface area contributed by atoms with Gasteiger partial charge < -0.3 is 9.63 Å². The van der Waals surface area contributed by atoms with E-state index in [4.69, 9.17) is 32.8 Å². The lowest BCUT2D eigenvalue weighted by Gasteiger charge is -1.99. The number of carboxylic acid groups (broad SMARTS) is 1. The summed E-state index contributed by atoms with van der Waals surface area (Å²) < 4.78 is 5.23. The molecular formula is C10H4BrCl2NO3. The number of benzene rings is 1. The fraction of sp³-hybridized carbons (Fsp3) is 0. The third-order valence-electron chi connectivity index (χ3n) is 2.02. The first kappa shape index (κ1) is 12.4. The average Bonchev–Trinajstić information content (AvgIpc) is 2.64. The van der Waals surface area contributed by atoms with Crippen LogP contribution in [0.2, 0.25) is 10.0 Å². The highest BCUT2D eigenvalue weighted by Gasteiger charge is 2.20. The number of carbonyl (C=O) groups is 1. The van der Waals surface area contributed by atoms with Crippen LogP contribution in [0.15, 0.2) is 27.2 Å². The van der Waals surface area contributed by atoms with E-state index in [0.29, 0.717) is 21.4 Å². The maximum atomic E-state index is 10.8. The van der Waals surface area contributed by atoms with E-state index < -0.39 is 5.97 Å². The van der Waals surface area contributed by atoms with Crippen molar-refractivity contribution in [2.45, 2.75) is 0 Å². The average molecular weight is 337 g/mol. The predicted molar refractivity (Wildman–Crippen MR) is 66.6 cm³/mol. The Labute approximate surface area is 114 Å². The van der Waals surface area contributed by atoms with Crippen LogP contribution in [-0.2, 0) is 0 Å². The first-order valence-corrected chi connectivity index (χ1v) is 5.89. The summed E-state index contributed by atoms with van der Waals surface area (Å²) in [6.07, 6.45) is 0. The molecule has 1 N–H and O–H groups in total. The van der Waals surface area contributed by atoms with Gasteiger partial charge in [-0.3, -0.25) is 0 Å². The zero-order chi connectivity index (χ0) is 12.6. The summed E-state index contributed by atoms with van der Waals surface area (Å²) in [5, 5.41) is 13.0. The maximum absolute atomic E-state index is 10.8. The third kappa shape index (κ3) is 2.31. The Kier molecular flexibility index (Phi) is 3.42. The van der Waals surface area contributed by atoms with Gasteiger partial charge in [-0.05, 0) is 34.1 Å². The highest BCUT2D eigenvalue weighted by molar-refractivity contribution is 9.10. The van der Waals surface area contributed by atoms with Crippen LogP contribution in [0.25, 0.3) is 11.3 Å². The molecule has 1 heterocycles. The number of aromatic nitrogens is 1. The number of hydrogen-bond donors (Lipinski definition) is 1. The highest BCUT2D eigenvalue weighted by atomic mass is 79.9. The van der Waals surface area contributed by atoms with Crippen LogP contribution in [0.3, 0.4) is 0 Å². The molecular weight excluding hydrogens is 333 g/mol. The molecule has 0 saturated heterocycles. The first-order valence-electron chi connectivity index (χ1n) is 4.34. The standard InChI is InChI=1S/C10H4BrCl2NO3/c11-7-8(10(15)16)14-17-9(7)4-1-2-5(12)6(13)3-4/h1-3H,(H,15,16). The molecule has 0 radical (unpaired) electrons. The van der Waals surface area contributed by atoms with Gasteiger partial charge >= 0.3 is 5.97 Å². The molecule has 0 aliphatic rings. The summed E-state index contributed by atoms with van der Waals surface area (Å²) in [7, 11) is 0. The van der Waals surface area contributed by atoms with Gasteiger partial charge in [-0.2, -0.15) is 0 Å². The van der Waals surface area contributed by atoms with Gasteiger partial charge in [-0.1, -0.05) is 28.4 Å². The molecule has 1 aromatic carbocycles. The van der Waals surface area contributed by atoms with Crippen LogP contribution in [0, 0.1) is 0 Å². The van der Waals surface area contributed by atoms with Crippen molar-refractivity contribution in [3.8, 4) is 11.3 Å². The molecule has 1 aromatic heterocycles. The molecule has 0 aliphatic heterocycles. The smallest absolute Gasteiger partial charge is 0.359 e. The van der Waals surface area contributed by atoms with Gasteiger partial charge in [0.1, 0.15) is 4.47 Å². The zero-order valence-corrected chi connectivity index (χ0v) is 11.2. The van der Waals surface area contributed by atoms with Crippen LogP contribution in [0.1, 0.15) is 10.5 Å². The van der Waals surface area contributed by atoms with Crippen molar-refractivity contribution in [3.63, 3.8) is 0 Å². The number of halogens is 3.